The van der Waals surface area contributed by atoms with Crippen molar-refractivity contribution in [2.75, 3.05) is 32.4 Å². The van der Waals surface area contributed by atoms with Gasteiger partial charge in [-0.25, -0.2) is 12.7 Å². The van der Waals surface area contributed by atoms with Gasteiger partial charge in [0.2, 0.25) is 10.0 Å². The van der Waals surface area contributed by atoms with Gasteiger partial charge >= 0.3 is 11.8 Å². The molecule has 1 aromatic rings. The zero-order valence-corrected chi connectivity index (χ0v) is 15.2. The highest BCUT2D eigenvalue weighted by Gasteiger charge is 2.25. The SMILES string of the molecule is CS(=O)(=O)N1CCC(CNC(=O)C(=O)NCCc2ccccc2)CC1. The van der Waals surface area contributed by atoms with Gasteiger partial charge in [0, 0.05) is 26.2 Å². The third-order valence-corrected chi connectivity index (χ3v) is 5.65. The third-order valence-electron chi connectivity index (χ3n) is 4.34. The lowest BCUT2D eigenvalue weighted by molar-refractivity contribution is -0.139. The Balaban J connectivity index is 1.64. The minimum Gasteiger partial charge on any atom is -0.348 e. The molecule has 0 spiro atoms. The summed E-state index contributed by atoms with van der Waals surface area (Å²) in [6, 6.07) is 9.72. The standard InChI is InChI=1S/C17H25N3O4S/c1-25(23,24)20-11-8-15(9-12-20)13-19-17(22)16(21)18-10-7-14-5-3-2-4-6-14/h2-6,15H,7-13H2,1H3,(H,18,21)(H,19,22). The molecule has 0 atom stereocenters. The number of nitrogens with zero attached hydrogens (tertiary/aromatic N) is 1. The van der Waals surface area contributed by atoms with Gasteiger partial charge in [-0.05, 0) is 30.7 Å². The molecule has 0 aromatic heterocycles. The van der Waals surface area contributed by atoms with Gasteiger partial charge < -0.3 is 10.6 Å². The third kappa shape index (κ3) is 6.47. The number of hydrogen-bond donors (Lipinski definition) is 2. The van der Waals surface area contributed by atoms with Gasteiger partial charge in [0.1, 0.15) is 0 Å². The van der Waals surface area contributed by atoms with Crippen molar-refractivity contribution in [3.8, 4) is 0 Å². The van der Waals surface area contributed by atoms with Gasteiger partial charge in [0.15, 0.2) is 0 Å². The van der Waals surface area contributed by atoms with Gasteiger partial charge in [-0.2, -0.15) is 0 Å². The van der Waals surface area contributed by atoms with Crippen molar-refractivity contribution in [1.29, 1.82) is 0 Å². The van der Waals surface area contributed by atoms with Gasteiger partial charge in [-0.15, -0.1) is 0 Å². The molecule has 2 rings (SSSR count). The Morgan fingerprint density at radius 2 is 1.68 bits per heavy atom. The number of hydrogen-bond acceptors (Lipinski definition) is 4. The van der Waals surface area contributed by atoms with Crippen LogP contribution >= 0.6 is 0 Å². The summed E-state index contributed by atoms with van der Waals surface area (Å²) >= 11 is 0. The van der Waals surface area contributed by atoms with Gasteiger partial charge in [-0.3, -0.25) is 9.59 Å². The molecule has 2 amide bonds. The van der Waals surface area contributed by atoms with E-state index in [9.17, 15) is 18.0 Å². The number of piperidine rings is 1. The van der Waals surface area contributed by atoms with Crippen LogP contribution in [0.3, 0.4) is 0 Å². The quantitative estimate of drug-likeness (QED) is 0.699. The predicted molar refractivity (Wildman–Crippen MR) is 95.3 cm³/mol. The molecule has 0 bridgehead atoms. The van der Waals surface area contributed by atoms with E-state index in [4.69, 9.17) is 0 Å². The van der Waals surface area contributed by atoms with Crippen LogP contribution in [0, 0.1) is 5.92 Å². The molecular formula is C17H25N3O4S. The Kier molecular flexibility index (Phi) is 6.95. The maximum Gasteiger partial charge on any atom is 0.309 e. The first kappa shape index (κ1) is 19.4. The van der Waals surface area contributed by atoms with Crippen LogP contribution in [0.1, 0.15) is 18.4 Å². The molecule has 25 heavy (non-hydrogen) atoms. The van der Waals surface area contributed by atoms with Crippen LogP contribution in [0.2, 0.25) is 0 Å². The largest absolute Gasteiger partial charge is 0.348 e. The zero-order chi connectivity index (χ0) is 18.3. The van der Waals surface area contributed by atoms with Crippen molar-refractivity contribution < 1.29 is 18.0 Å². The highest BCUT2D eigenvalue weighted by molar-refractivity contribution is 7.88. The fourth-order valence-electron chi connectivity index (χ4n) is 2.81. The summed E-state index contributed by atoms with van der Waals surface area (Å²) in [6.07, 6.45) is 3.24. The summed E-state index contributed by atoms with van der Waals surface area (Å²) in [6.45, 7) is 1.72. The first-order chi connectivity index (χ1) is 11.9. The minimum absolute atomic E-state index is 0.194. The lowest BCUT2D eigenvalue weighted by Crippen LogP contribution is -2.44. The maximum atomic E-state index is 11.8. The normalized spacial score (nSPS) is 16.4. The van der Waals surface area contributed by atoms with E-state index in [1.807, 2.05) is 30.3 Å². The van der Waals surface area contributed by atoms with Crippen molar-refractivity contribution in [3.05, 3.63) is 35.9 Å². The molecular weight excluding hydrogens is 342 g/mol. The maximum absolute atomic E-state index is 11.8. The Labute approximate surface area is 148 Å². The summed E-state index contributed by atoms with van der Waals surface area (Å²) in [5.74, 6) is -1.08. The van der Waals surface area contributed by atoms with Gasteiger partial charge in [-0.1, -0.05) is 30.3 Å². The molecule has 0 radical (unpaired) electrons. The van der Waals surface area contributed by atoms with Crippen LogP contribution in [0.25, 0.3) is 0 Å². The van der Waals surface area contributed by atoms with Crippen molar-refractivity contribution >= 4 is 21.8 Å². The second kappa shape index (κ2) is 8.96. The molecule has 1 aromatic carbocycles. The van der Waals surface area contributed by atoms with E-state index in [1.54, 1.807) is 0 Å². The molecule has 0 aliphatic carbocycles. The molecule has 0 unspecified atom stereocenters. The Morgan fingerprint density at radius 3 is 2.28 bits per heavy atom. The van der Waals surface area contributed by atoms with E-state index in [-0.39, 0.29) is 5.92 Å². The molecule has 1 aliphatic rings. The number of carbonyl (C=O) groups is 2. The summed E-state index contributed by atoms with van der Waals surface area (Å²) in [5, 5.41) is 5.24. The van der Waals surface area contributed by atoms with Crippen molar-refractivity contribution in [3.63, 3.8) is 0 Å². The Bertz CT molecular complexity index is 683. The number of carbonyl (C=O) groups excluding carboxylic acids is 2. The average Bonchev–Trinajstić information content (AvgIpc) is 2.60. The van der Waals surface area contributed by atoms with Crippen LogP contribution < -0.4 is 10.6 Å². The van der Waals surface area contributed by atoms with Gasteiger partial charge in [0.05, 0.1) is 6.26 Å². The molecule has 0 saturated carbocycles. The van der Waals surface area contributed by atoms with E-state index in [2.05, 4.69) is 10.6 Å². The van der Waals surface area contributed by atoms with E-state index >= 15 is 0 Å². The highest BCUT2D eigenvalue weighted by atomic mass is 32.2. The second-order valence-electron chi connectivity index (χ2n) is 6.31. The molecule has 7 nitrogen and oxygen atoms in total. The topological polar surface area (TPSA) is 95.6 Å². The first-order valence-corrected chi connectivity index (χ1v) is 10.3. The lowest BCUT2D eigenvalue weighted by atomic mass is 9.98. The van der Waals surface area contributed by atoms with E-state index < -0.39 is 21.8 Å². The number of amides is 2. The predicted octanol–water partition coefficient (Wildman–Crippen LogP) is 0.133. The molecule has 1 fully saturated rings. The molecule has 138 valence electrons. The van der Waals surface area contributed by atoms with Crippen molar-refractivity contribution in [2.24, 2.45) is 5.92 Å². The molecule has 1 heterocycles. The summed E-state index contributed by atoms with van der Waals surface area (Å²) in [7, 11) is -3.15. The fraction of sp³-hybridized carbons (Fsp3) is 0.529. The van der Waals surface area contributed by atoms with Crippen LogP contribution in [0.5, 0.6) is 0 Å². The Hall–Kier alpha value is -1.93. The second-order valence-corrected chi connectivity index (χ2v) is 8.29. The lowest BCUT2D eigenvalue weighted by Gasteiger charge is -2.30. The highest BCUT2D eigenvalue weighted by Crippen LogP contribution is 2.18. The minimum atomic E-state index is -3.15. The molecule has 8 heteroatoms. The number of nitrogens with one attached hydrogen (secondary N) is 2. The van der Waals surface area contributed by atoms with Crippen LogP contribution in [0.4, 0.5) is 0 Å². The average molecular weight is 367 g/mol. The summed E-state index contributed by atoms with van der Waals surface area (Å²) in [4.78, 5) is 23.6. The van der Waals surface area contributed by atoms with E-state index in [1.165, 1.54) is 10.6 Å². The summed E-state index contributed by atoms with van der Waals surface area (Å²) in [5.41, 5.74) is 1.10. The molecule has 1 saturated heterocycles. The molecule has 1 aliphatic heterocycles. The van der Waals surface area contributed by atoms with Crippen LogP contribution in [-0.2, 0) is 26.0 Å². The van der Waals surface area contributed by atoms with E-state index in [0.29, 0.717) is 45.4 Å². The number of rotatable bonds is 6. The molecule has 2 N–H and O–H groups in total. The first-order valence-electron chi connectivity index (χ1n) is 8.41. The fourth-order valence-corrected chi connectivity index (χ4v) is 3.68. The van der Waals surface area contributed by atoms with Crippen LogP contribution in [0.15, 0.2) is 30.3 Å². The van der Waals surface area contributed by atoms with Gasteiger partial charge in [0.25, 0.3) is 0 Å². The zero-order valence-electron chi connectivity index (χ0n) is 14.4. The number of benzene rings is 1. The van der Waals surface area contributed by atoms with Crippen molar-refractivity contribution in [2.45, 2.75) is 19.3 Å². The monoisotopic (exact) mass is 367 g/mol. The Morgan fingerprint density at radius 1 is 1.08 bits per heavy atom. The van der Waals surface area contributed by atoms with E-state index in [0.717, 1.165) is 5.56 Å². The van der Waals surface area contributed by atoms with Crippen molar-refractivity contribution in [1.82, 2.24) is 14.9 Å². The van der Waals surface area contributed by atoms with Crippen LogP contribution in [-0.4, -0.2) is 57.0 Å². The summed E-state index contributed by atoms with van der Waals surface area (Å²) < 4.78 is 24.4. The number of sulfonamides is 1. The smallest absolute Gasteiger partial charge is 0.309 e.